The Hall–Kier alpha value is -0.470. The lowest BCUT2D eigenvalue weighted by Gasteiger charge is -2.26. The first-order chi connectivity index (χ1) is 7.79. The molecule has 17 heavy (non-hydrogen) atoms. The third-order valence-electron chi connectivity index (χ3n) is 2.96. The number of benzene rings is 1. The maximum atomic E-state index is 6.15. The standard InChI is InChI=1S/C15H25NS/c1-11-6-12(2)8-13(7-11)9-17-10-14(16)15(3,4)5/h6-8,14H,9-10,16H2,1-5H3. The van der Waals surface area contributed by atoms with Crippen LogP contribution in [0.2, 0.25) is 0 Å². The first-order valence-corrected chi connectivity index (χ1v) is 7.35. The SMILES string of the molecule is Cc1cc(C)cc(CSCC(N)C(C)(C)C)c1. The van der Waals surface area contributed by atoms with E-state index < -0.39 is 0 Å². The Morgan fingerprint density at radius 1 is 1.12 bits per heavy atom. The number of hydrogen-bond donors (Lipinski definition) is 1. The molecule has 0 spiro atoms. The van der Waals surface area contributed by atoms with Crippen LogP contribution in [0.4, 0.5) is 0 Å². The van der Waals surface area contributed by atoms with E-state index in [1.165, 1.54) is 16.7 Å². The van der Waals surface area contributed by atoms with Crippen LogP contribution >= 0.6 is 11.8 Å². The summed E-state index contributed by atoms with van der Waals surface area (Å²) in [6, 6.07) is 7.01. The van der Waals surface area contributed by atoms with Crippen molar-refractivity contribution in [3.05, 3.63) is 34.9 Å². The van der Waals surface area contributed by atoms with Crippen LogP contribution in [0.25, 0.3) is 0 Å². The predicted molar refractivity (Wildman–Crippen MR) is 79.5 cm³/mol. The zero-order chi connectivity index (χ0) is 13.1. The number of thioether (sulfide) groups is 1. The van der Waals surface area contributed by atoms with E-state index in [2.05, 4.69) is 52.8 Å². The van der Waals surface area contributed by atoms with Crippen LogP contribution in [0.5, 0.6) is 0 Å². The number of rotatable bonds is 4. The van der Waals surface area contributed by atoms with Crippen molar-refractivity contribution in [1.29, 1.82) is 0 Å². The van der Waals surface area contributed by atoms with Crippen LogP contribution in [0.15, 0.2) is 18.2 Å². The Balaban J connectivity index is 2.46. The smallest absolute Gasteiger partial charge is 0.0185 e. The van der Waals surface area contributed by atoms with Gasteiger partial charge in [0.1, 0.15) is 0 Å². The van der Waals surface area contributed by atoms with Crippen molar-refractivity contribution in [2.75, 3.05) is 5.75 Å². The number of nitrogens with two attached hydrogens (primary N) is 1. The molecule has 1 aromatic rings. The summed E-state index contributed by atoms with van der Waals surface area (Å²) in [5.74, 6) is 2.09. The minimum atomic E-state index is 0.204. The molecule has 0 aromatic heterocycles. The van der Waals surface area contributed by atoms with Gasteiger partial charge in [0, 0.05) is 17.5 Å². The highest BCUT2D eigenvalue weighted by Gasteiger charge is 2.20. The van der Waals surface area contributed by atoms with Crippen LogP contribution in [-0.4, -0.2) is 11.8 Å². The van der Waals surface area contributed by atoms with Crippen molar-refractivity contribution in [1.82, 2.24) is 0 Å². The highest BCUT2D eigenvalue weighted by atomic mass is 32.2. The first kappa shape index (κ1) is 14.6. The predicted octanol–water partition coefficient (Wildman–Crippen LogP) is 3.91. The number of hydrogen-bond acceptors (Lipinski definition) is 2. The molecule has 1 aromatic carbocycles. The molecule has 0 aliphatic carbocycles. The van der Waals surface area contributed by atoms with E-state index in [4.69, 9.17) is 5.73 Å². The fraction of sp³-hybridized carbons (Fsp3) is 0.600. The second-order valence-electron chi connectivity index (χ2n) is 5.98. The van der Waals surface area contributed by atoms with E-state index in [0.29, 0.717) is 0 Å². The molecule has 1 nitrogen and oxygen atoms in total. The van der Waals surface area contributed by atoms with Crippen molar-refractivity contribution in [2.45, 2.75) is 46.4 Å². The molecule has 0 bridgehead atoms. The molecule has 0 saturated carbocycles. The molecule has 96 valence electrons. The average Bonchev–Trinajstić information content (AvgIpc) is 2.14. The fourth-order valence-electron chi connectivity index (χ4n) is 1.71. The van der Waals surface area contributed by atoms with E-state index in [1.807, 2.05) is 11.8 Å². The third kappa shape index (κ3) is 5.13. The van der Waals surface area contributed by atoms with E-state index in [9.17, 15) is 0 Å². The molecule has 1 atom stereocenters. The zero-order valence-electron chi connectivity index (χ0n) is 11.7. The Kier molecular flexibility index (Phi) is 5.08. The van der Waals surface area contributed by atoms with E-state index >= 15 is 0 Å². The molecule has 2 heteroatoms. The van der Waals surface area contributed by atoms with Crippen molar-refractivity contribution < 1.29 is 0 Å². The van der Waals surface area contributed by atoms with Gasteiger partial charge in [-0.1, -0.05) is 50.1 Å². The Morgan fingerprint density at radius 2 is 1.65 bits per heavy atom. The normalized spacial score (nSPS) is 13.8. The molecule has 2 N–H and O–H groups in total. The average molecular weight is 251 g/mol. The Labute approximate surface area is 110 Å². The molecule has 1 rings (SSSR count). The van der Waals surface area contributed by atoms with Gasteiger partial charge in [-0.15, -0.1) is 0 Å². The zero-order valence-corrected chi connectivity index (χ0v) is 12.5. The van der Waals surface area contributed by atoms with Gasteiger partial charge >= 0.3 is 0 Å². The summed E-state index contributed by atoms with van der Waals surface area (Å²) in [5.41, 5.74) is 10.5. The topological polar surface area (TPSA) is 26.0 Å². The molecular formula is C15H25NS. The summed E-state index contributed by atoms with van der Waals surface area (Å²) in [7, 11) is 0. The maximum Gasteiger partial charge on any atom is 0.0185 e. The van der Waals surface area contributed by atoms with Gasteiger partial charge in [-0.3, -0.25) is 0 Å². The first-order valence-electron chi connectivity index (χ1n) is 6.19. The second-order valence-corrected chi connectivity index (χ2v) is 7.01. The molecule has 0 amide bonds. The lowest BCUT2D eigenvalue weighted by Crippen LogP contribution is -2.37. The van der Waals surface area contributed by atoms with Gasteiger partial charge < -0.3 is 5.73 Å². The third-order valence-corrected chi connectivity index (χ3v) is 4.09. The summed E-state index contributed by atoms with van der Waals surface area (Å²) < 4.78 is 0. The molecule has 0 fully saturated rings. The fourth-order valence-corrected chi connectivity index (χ4v) is 2.98. The van der Waals surface area contributed by atoms with E-state index in [1.54, 1.807) is 0 Å². The van der Waals surface area contributed by atoms with E-state index in [-0.39, 0.29) is 11.5 Å². The van der Waals surface area contributed by atoms with Crippen molar-refractivity contribution >= 4 is 11.8 Å². The second kappa shape index (κ2) is 5.92. The highest BCUT2D eigenvalue weighted by Crippen LogP contribution is 2.23. The van der Waals surface area contributed by atoms with E-state index in [0.717, 1.165) is 11.5 Å². The largest absolute Gasteiger partial charge is 0.326 e. The Morgan fingerprint density at radius 3 is 2.12 bits per heavy atom. The molecule has 1 unspecified atom stereocenters. The minimum Gasteiger partial charge on any atom is -0.326 e. The van der Waals surface area contributed by atoms with Crippen LogP contribution in [0, 0.1) is 19.3 Å². The van der Waals surface area contributed by atoms with Gasteiger partial charge in [-0.05, 0) is 24.8 Å². The summed E-state index contributed by atoms with van der Waals surface area (Å²) >= 11 is 1.93. The van der Waals surface area contributed by atoms with Gasteiger partial charge in [0.2, 0.25) is 0 Å². The van der Waals surface area contributed by atoms with Gasteiger partial charge in [-0.2, -0.15) is 11.8 Å². The van der Waals surface area contributed by atoms with Crippen molar-refractivity contribution in [3.8, 4) is 0 Å². The lowest BCUT2D eigenvalue weighted by atomic mass is 9.89. The summed E-state index contributed by atoms with van der Waals surface area (Å²) in [6.07, 6.45) is 0. The molecule has 0 aliphatic rings. The maximum absolute atomic E-state index is 6.15. The summed E-state index contributed by atoms with van der Waals surface area (Å²) in [5, 5.41) is 0. The number of aryl methyl sites for hydroxylation is 2. The molecule has 0 heterocycles. The van der Waals surface area contributed by atoms with Crippen LogP contribution in [0.3, 0.4) is 0 Å². The van der Waals surface area contributed by atoms with Gasteiger partial charge in [0.15, 0.2) is 0 Å². The van der Waals surface area contributed by atoms with Gasteiger partial charge in [0.25, 0.3) is 0 Å². The lowest BCUT2D eigenvalue weighted by molar-refractivity contribution is 0.344. The molecular weight excluding hydrogens is 226 g/mol. The summed E-state index contributed by atoms with van der Waals surface area (Å²) in [4.78, 5) is 0. The quantitative estimate of drug-likeness (QED) is 0.878. The van der Waals surface area contributed by atoms with Crippen molar-refractivity contribution in [2.24, 2.45) is 11.1 Å². The molecule has 0 aliphatic heterocycles. The van der Waals surface area contributed by atoms with Crippen LogP contribution < -0.4 is 5.73 Å². The van der Waals surface area contributed by atoms with Crippen LogP contribution in [-0.2, 0) is 5.75 Å². The summed E-state index contributed by atoms with van der Waals surface area (Å²) in [6.45, 7) is 10.9. The van der Waals surface area contributed by atoms with Crippen molar-refractivity contribution in [3.63, 3.8) is 0 Å². The van der Waals surface area contributed by atoms with Gasteiger partial charge in [0.05, 0.1) is 0 Å². The highest BCUT2D eigenvalue weighted by molar-refractivity contribution is 7.98. The Bertz CT molecular complexity index is 345. The minimum absolute atomic E-state index is 0.204. The molecule has 0 saturated heterocycles. The van der Waals surface area contributed by atoms with Gasteiger partial charge in [-0.25, -0.2) is 0 Å². The monoisotopic (exact) mass is 251 g/mol. The van der Waals surface area contributed by atoms with Crippen LogP contribution in [0.1, 0.15) is 37.5 Å². The molecule has 0 radical (unpaired) electrons.